The molecule has 1 saturated carbocycles. The summed E-state index contributed by atoms with van der Waals surface area (Å²) in [5.74, 6) is -0.673. The van der Waals surface area contributed by atoms with Gasteiger partial charge >= 0.3 is 0 Å². The maximum atomic E-state index is 12.7. The van der Waals surface area contributed by atoms with Crippen molar-refractivity contribution in [1.29, 1.82) is 0 Å². The van der Waals surface area contributed by atoms with Crippen molar-refractivity contribution < 1.29 is 9.59 Å². The molecule has 6 heteroatoms. The first-order chi connectivity index (χ1) is 12.6. The van der Waals surface area contributed by atoms with Crippen molar-refractivity contribution in [3.8, 4) is 0 Å². The Labute approximate surface area is 159 Å². The second-order valence-electron chi connectivity index (χ2n) is 7.20. The van der Waals surface area contributed by atoms with E-state index in [0.717, 1.165) is 37.9 Å². The van der Waals surface area contributed by atoms with Crippen molar-refractivity contribution in [2.24, 2.45) is 0 Å². The lowest BCUT2D eigenvalue weighted by atomic mass is 10.0. The number of hydrogen-bond acceptors (Lipinski definition) is 4. The van der Waals surface area contributed by atoms with E-state index < -0.39 is 5.91 Å². The number of carbonyl (C=O) groups is 2. The van der Waals surface area contributed by atoms with Crippen LogP contribution in [-0.2, 0) is 16.0 Å². The molecule has 0 aromatic heterocycles. The van der Waals surface area contributed by atoms with Crippen LogP contribution >= 0.6 is 12.2 Å². The smallest absolute Gasteiger partial charge is 0.265 e. The van der Waals surface area contributed by atoms with Crippen molar-refractivity contribution >= 4 is 40.9 Å². The number of thiocarbonyl (C=S) groups is 1. The molecule has 0 bridgehead atoms. The van der Waals surface area contributed by atoms with Crippen molar-refractivity contribution in [3.05, 3.63) is 34.9 Å². The van der Waals surface area contributed by atoms with Gasteiger partial charge in [-0.25, -0.2) is 0 Å². The first-order valence-corrected chi connectivity index (χ1v) is 9.77. The van der Waals surface area contributed by atoms with Gasteiger partial charge in [0, 0.05) is 24.8 Å². The van der Waals surface area contributed by atoms with E-state index >= 15 is 0 Å². The molecule has 5 nitrogen and oxygen atoms in total. The van der Waals surface area contributed by atoms with Crippen LogP contribution in [0.4, 0.5) is 5.69 Å². The van der Waals surface area contributed by atoms with E-state index in [4.69, 9.17) is 12.2 Å². The Balaban J connectivity index is 1.59. The first-order valence-electron chi connectivity index (χ1n) is 9.37. The monoisotopic (exact) mass is 369 g/mol. The van der Waals surface area contributed by atoms with Crippen LogP contribution in [-0.4, -0.2) is 41.0 Å². The SMILES string of the molecule is CCCCN1CCc2cc(/C=C3\C(=O)NC(=S)N(C4CC4)C3=O)ccc21. The highest BCUT2D eigenvalue weighted by Gasteiger charge is 2.42. The molecule has 1 aromatic rings. The van der Waals surface area contributed by atoms with Crippen LogP contribution in [0.2, 0.25) is 0 Å². The number of unbranched alkanes of at least 4 members (excludes halogenated alkanes) is 1. The number of carbonyl (C=O) groups excluding carboxylic acids is 2. The zero-order valence-electron chi connectivity index (χ0n) is 15.0. The molecular formula is C20H23N3O2S. The van der Waals surface area contributed by atoms with Crippen LogP contribution < -0.4 is 10.2 Å². The van der Waals surface area contributed by atoms with Gasteiger partial charge in [0.2, 0.25) is 0 Å². The predicted octanol–water partition coefficient (Wildman–Crippen LogP) is 2.64. The van der Waals surface area contributed by atoms with Crippen LogP contribution in [0.5, 0.6) is 0 Å². The van der Waals surface area contributed by atoms with E-state index in [1.807, 2.05) is 6.07 Å². The summed E-state index contributed by atoms with van der Waals surface area (Å²) in [4.78, 5) is 29.0. The zero-order valence-corrected chi connectivity index (χ0v) is 15.8. The lowest BCUT2D eigenvalue weighted by Gasteiger charge is -2.28. The molecule has 2 aliphatic heterocycles. The fraction of sp³-hybridized carbons (Fsp3) is 0.450. The average Bonchev–Trinajstić information content (AvgIpc) is 3.36. The van der Waals surface area contributed by atoms with Crippen LogP contribution in [0.1, 0.15) is 43.7 Å². The minimum Gasteiger partial charge on any atom is -0.371 e. The standard InChI is InChI=1S/C20H23N3O2S/c1-2-3-9-22-10-8-14-11-13(4-7-17(14)22)12-16-18(24)21-20(26)23(19(16)25)15-5-6-15/h4,7,11-12,15H,2-3,5-6,8-10H2,1H3,(H,21,24,26)/b16-12+. The summed E-state index contributed by atoms with van der Waals surface area (Å²) in [7, 11) is 0. The second kappa shape index (κ2) is 6.83. The number of hydrogen-bond donors (Lipinski definition) is 1. The Morgan fingerprint density at radius 3 is 2.85 bits per heavy atom. The molecule has 2 heterocycles. The van der Waals surface area contributed by atoms with Crippen molar-refractivity contribution in [3.63, 3.8) is 0 Å². The van der Waals surface area contributed by atoms with Gasteiger partial charge in [-0.15, -0.1) is 0 Å². The van der Waals surface area contributed by atoms with Crippen LogP contribution in [0.25, 0.3) is 6.08 Å². The number of fused-ring (bicyclic) bond motifs is 1. The Bertz CT molecular complexity index is 813. The number of nitrogens with one attached hydrogen (secondary N) is 1. The summed E-state index contributed by atoms with van der Waals surface area (Å²) < 4.78 is 0. The molecule has 4 rings (SSSR count). The molecule has 1 aromatic carbocycles. The number of anilines is 1. The molecule has 0 atom stereocenters. The fourth-order valence-electron chi connectivity index (χ4n) is 3.66. The summed E-state index contributed by atoms with van der Waals surface area (Å²) in [5.41, 5.74) is 3.63. The van der Waals surface area contributed by atoms with Crippen LogP contribution in [0, 0.1) is 0 Å². The van der Waals surface area contributed by atoms with E-state index in [2.05, 4.69) is 29.3 Å². The van der Waals surface area contributed by atoms with E-state index in [0.29, 0.717) is 0 Å². The highest BCUT2D eigenvalue weighted by Crippen LogP contribution is 2.32. The van der Waals surface area contributed by atoms with Gasteiger partial charge in [-0.05, 0) is 67.2 Å². The first kappa shape index (κ1) is 17.2. The quantitative estimate of drug-likeness (QED) is 0.493. The third kappa shape index (κ3) is 3.14. The molecule has 3 aliphatic rings. The molecule has 1 N–H and O–H groups in total. The van der Waals surface area contributed by atoms with Gasteiger partial charge in [-0.1, -0.05) is 19.4 Å². The minimum absolute atomic E-state index is 0.145. The second-order valence-corrected chi connectivity index (χ2v) is 7.59. The summed E-state index contributed by atoms with van der Waals surface area (Å²) >= 11 is 5.17. The predicted molar refractivity (Wildman–Crippen MR) is 106 cm³/mol. The molecule has 0 unspecified atom stereocenters. The summed E-state index contributed by atoms with van der Waals surface area (Å²) in [5, 5.41) is 2.89. The molecule has 0 spiro atoms. The Hall–Kier alpha value is -2.21. The molecule has 136 valence electrons. The Morgan fingerprint density at radius 1 is 1.31 bits per heavy atom. The van der Waals surface area contributed by atoms with Crippen LogP contribution in [0.15, 0.2) is 23.8 Å². The van der Waals surface area contributed by atoms with Crippen molar-refractivity contribution in [1.82, 2.24) is 10.2 Å². The minimum atomic E-state index is -0.401. The van der Waals surface area contributed by atoms with Gasteiger partial charge in [0.05, 0.1) is 0 Å². The van der Waals surface area contributed by atoms with E-state index in [1.54, 1.807) is 11.0 Å². The van der Waals surface area contributed by atoms with Crippen molar-refractivity contribution in [2.45, 2.75) is 45.1 Å². The average molecular weight is 369 g/mol. The lowest BCUT2D eigenvalue weighted by Crippen LogP contribution is -2.54. The van der Waals surface area contributed by atoms with E-state index in [9.17, 15) is 9.59 Å². The van der Waals surface area contributed by atoms with Gasteiger partial charge in [0.25, 0.3) is 11.8 Å². The molecule has 26 heavy (non-hydrogen) atoms. The Morgan fingerprint density at radius 2 is 2.12 bits per heavy atom. The van der Waals surface area contributed by atoms with Gasteiger partial charge in [0.1, 0.15) is 5.57 Å². The summed E-state index contributed by atoms with van der Waals surface area (Å²) in [6, 6.07) is 6.35. The fourth-order valence-corrected chi connectivity index (χ4v) is 3.99. The Kier molecular flexibility index (Phi) is 4.53. The van der Waals surface area contributed by atoms with Crippen molar-refractivity contribution in [2.75, 3.05) is 18.0 Å². The zero-order chi connectivity index (χ0) is 18.3. The molecule has 1 aliphatic carbocycles. The number of nitrogens with zero attached hydrogens (tertiary/aromatic N) is 2. The normalized spacial score (nSPS) is 21.4. The third-order valence-corrected chi connectivity index (χ3v) is 5.53. The number of rotatable bonds is 5. The van der Waals surface area contributed by atoms with Gasteiger partial charge in [-0.2, -0.15) is 0 Å². The summed E-state index contributed by atoms with van der Waals surface area (Å²) in [6.45, 7) is 4.33. The third-order valence-electron chi connectivity index (χ3n) is 5.23. The molecule has 1 saturated heterocycles. The number of amides is 2. The van der Waals surface area contributed by atoms with E-state index in [-0.39, 0.29) is 22.6 Å². The largest absolute Gasteiger partial charge is 0.371 e. The molecule has 2 amide bonds. The van der Waals surface area contributed by atoms with Gasteiger partial charge < -0.3 is 4.90 Å². The number of benzene rings is 1. The van der Waals surface area contributed by atoms with Gasteiger partial charge in [-0.3, -0.25) is 19.8 Å². The topological polar surface area (TPSA) is 52.7 Å². The van der Waals surface area contributed by atoms with E-state index in [1.165, 1.54) is 24.1 Å². The highest BCUT2D eigenvalue weighted by molar-refractivity contribution is 7.80. The molecule has 2 fully saturated rings. The van der Waals surface area contributed by atoms with Gasteiger partial charge in [0.15, 0.2) is 5.11 Å². The van der Waals surface area contributed by atoms with Crippen LogP contribution in [0.3, 0.4) is 0 Å². The maximum Gasteiger partial charge on any atom is 0.265 e. The maximum absolute atomic E-state index is 12.7. The summed E-state index contributed by atoms with van der Waals surface area (Å²) in [6.07, 6.45) is 6.98. The molecular weight excluding hydrogens is 346 g/mol. The molecule has 0 radical (unpaired) electrons. The highest BCUT2D eigenvalue weighted by atomic mass is 32.1. The lowest BCUT2D eigenvalue weighted by molar-refractivity contribution is -0.129.